The lowest BCUT2D eigenvalue weighted by Crippen LogP contribution is -1.95. The van der Waals surface area contributed by atoms with E-state index >= 15 is 0 Å². The van der Waals surface area contributed by atoms with Crippen molar-refractivity contribution in [3.8, 4) is 0 Å². The molecule has 0 aliphatic carbocycles. The zero-order valence-electron chi connectivity index (χ0n) is 4.76. The zero-order chi connectivity index (χ0) is 6.57. The Morgan fingerprint density at radius 3 is 2.50 bits per heavy atom. The molecular formula is C5H8ClN2+. The molecule has 0 saturated heterocycles. The van der Waals surface area contributed by atoms with Gasteiger partial charge in [0.05, 0.1) is 13.8 Å². The number of hydrogen-bond donors (Lipinski definition) is 0. The molecular weight excluding hydrogens is 124 g/mol. The molecule has 44 valence electrons. The van der Waals surface area contributed by atoms with Crippen LogP contribution in [0.15, 0.2) is 16.7 Å². The van der Waals surface area contributed by atoms with E-state index in [0.29, 0.717) is 0 Å². The second kappa shape index (κ2) is 3.38. The summed E-state index contributed by atoms with van der Waals surface area (Å²) in [7, 11) is 1.75. The van der Waals surface area contributed by atoms with Gasteiger partial charge in [-0.2, -0.15) is 0 Å². The Balaban J connectivity index is 3.67. The highest BCUT2D eigenvalue weighted by Crippen LogP contribution is 1.94. The van der Waals surface area contributed by atoms with Crippen molar-refractivity contribution in [2.75, 3.05) is 7.05 Å². The molecule has 0 heterocycles. The van der Waals surface area contributed by atoms with Crippen molar-refractivity contribution in [1.82, 2.24) is 0 Å². The smallest absolute Gasteiger partial charge is 0.247 e. The fraction of sp³-hybridized carbons (Fsp3) is 0.200. The van der Waals surface area contributed by atoms with Gasteiger partial charge in [-0.15, -0.1) is 0 Å². The maximum Gasteiger partial charge on any atom is 0.287 e. The van der Waals surface area contributed by atoms with E-state index in [2.05, 4.69) is 18.3 Å². The average Bonchev–Trinajstić information content (AvgIpc) is 1.61. The molecule has 0 aromatic carbocycles. The molecule has 0 aliphatic heterocycles. The van der Waals surface area contributed by atoms with Crippen molar-refractivity contribution in [3.63, 3.8) is 0 Å². The van der Waals surface area contributed by atoms with Gasteiger partial charge in [-0.25, -0.2) is 4.58 Å². The second-order valence-electron chi connectivity index (χ2n) is 1.38. The Morgan fingerprint density at radius 1 is 1.88 bits per heavy atom. The van der Waals surface area contributed by atoms with Crippen molar-refractivity contribution in [3.05, 3.63) is 11.7 Å². The summed E-state index contributed by atoms with van der Waals surface area (Å²) in [5.74, 6) is 0. The molecule has 8 heavy (non-hydrogen) atoms. The first kappa shape index (κ1) is 7.37. The number of hydrogen-bond acceptors (Lipinski definition) is 1. The molecule has 0 radical (unpaired) electrons. The first-order valence-electron chi connectivity index (χ1n) is 2.05. The normalized spacial score (nSPS) is 9.75. The predicted octanol–water partition coefficient (Wildman–Crippen LogP) is 1.07. The van der Waals surface area contributed by atoms with Gasteiger partial charge >= 0.3 is 0 Å². The third kappa shape index (κ3) is 5.37. The highest BCUT2D eigenvalue weighted by Gasteiger charge is 1.85. The molecule has 0 fully saturated rings. The topological polar surface area (TPSA) is 15.4 Å². The summed E-state index contributed by atoms with van der Waals surface area (Å²) in [6.07, 6.45) is 1.48. The largest absolute Gasteiger partial charge is 0.287 e. The Morgan fingerprint density at radius 2 is 2.38 bits per heavy atom. The Bertz CT molecular complexity index is 121. The Kier molecular flexibility index (Phi) is 3.12. The quantitative estimate of drug-likeness (QED) is 0.231. The van der Waals surface area contributed by atoms with Gasteiger partial charge < -0.3 is 0 Å². The van der Waals surface area contributed by atoms with Crippen molar-refractivity contribution < 1.29 is 4.58 Å². The molecule has 0 N–H and O–H groups in total. The molecule has 0 aliphatic rings. The van der Waals surface area contributed by atoms with E-state index in [1.807, 2.05) is 0 Å². The van der Waals surface area contributed by atoms with Gasteiger partial charge in [-0.1, -0.05) is 0 Å². The average molecular weight is 132 g/mol. The third-order valence-corrected chi connectivity index (χ3v) is 0.493. The Labute approximate surface area is 53.8 Å². The minimum Gasteiger partial charge on any atom is -0.247 e. The van der Waals surface area contributed by atoms with E-state index in [1.54, 1.807) is 7.05 Å². The van der Waals surface area contributed by atoms with Crippen LogP contribution in [0.1, 0.15) is 0 Å². The van der Waals surface area contributed by atoms with Crippen LogP contribution in [0.2, 0.25) is 0 Å². The van der Waals surface area contributed by atoms with Gasteiger partial charge in [-0.05, 0) is 23.2 Å². The summed E-state index contributed by atoms with van der Waals surface area (Å²) in [6.45, 7) is 6.83. The molecule has 0 bridgehead atoms. The van der Waals surface area contributed by atoms with E-state index in [0.717, 1.165) is 0 Å². The summed E-state index contributed by atoms with van der Waals surface area (Å²) in [4.78, 5) is 3.63. The molecule has 0 unspecified atom stereocenters. The van der Waals surface area contributed by atoms with Crippen LogP contribution in [0.3, 0.4) is 0 Å². The van der Waals surface area contributed by atoms with Crippen molar-refractivity contribution >= 4 is 24.7 Å². The summed E-state index contributed by atoms with van der Waals surface area (Å²) in [5, 5.41) is 0.264. The lowest BCUT2D eigenvalue weighted by atomic mass is 11.0. The van der Waals surface area contributed by atoms with Gasteiger partial charge in [0.15, 0.2) is 0 Å². The van der Waals surface area contributed by atoms with Crippen LogP contribution in [-0.4, -0.2) is 24.7 Å². The van der Waals surface area contributed by atoms with Gasteiger partial charge in [0.2, 0.25) is 5.16 Å². The molecule has 0 atom stereocenters. The van der Waals surface area contributed by atoms with Crippen LogP contribution in [0.4, 0.5) is 0 Å². The Hall–Kier alpha value is -0.630. The van der Waals surface area contributed by atoms with E-state index < -0.39 is 0 Å². The third-order valence-electron chi connectivity index (χ3n) is 0.395. The lowest BCUT2D eigenvalue weighted by Gasteiger charge is -1.76. The lowest BCUT2D eigenvalue weighted by molar-refractivity contribution is -0.349. The molecule has 3 heteroatoms. The van der Waals surface area contributed by atoms with E-state index in [-0.39, 0.29) is 5.16 Å². The highest BCUT2D eigenvalue weighted by atomic mass is 35.5. The minimum absolute atomic E-state index is 0.264. The van der Waals surface area contributed by atoms with Crippen molar-refractivity contribution in [2.45, 2.75) is 0 Å². The van der Waals surface area contributed by atoms with Crippen LogP contribution in [0.5, 0.6) is 0 Å². The summed E-state index contributed by atoms with van der Waals surface area (Å²) in [5.41, 5.74) is 0. The summed E-state index contributed by atoms with van der Waals surface area (Å²) < 4.78 is 1.54. The maximum atomic E-state index is 5.28. The number of halogens is 1. The van der Waals surface area contributed by atoms with Crippen LogP contribution in [-0.2, 0) is 0 Å². The molecule has 0 aromatic rings. The summed E-state index contributed by atoms with van der Waals surface area (Å²) in [6, 6.07) is 0. The van der Waals surface area contributed by atoms with E-state index in [9.17, 15) is 0 Å². The van der Waals surface area contributed by atoms with E-state index in [4.69, 9.17) is 11.6 Å². The van der Waals surface area contributed by atoms with Gasteiger partial charge in [0, 0.05) is 0 Å². The minimum atomic E-state index is 0.264. The van der Waals surface area contributed by atoms with Crippen LogP contribution in [0.25, 0.3) is 0 Å². The molecule has 0 amide bonds. The molecule has 0 spiro atoms. The summed E-state index contributed by atoms with van der Waals surface area (Å²) >= 11 is 5.28. The number of aliphatic imine (C=N–C) groups is 1. The number of rotatable bonds is 2. The van der Waals surface area contributed by atoms with Crippen molar-refractivity contribution in [1.29, 1.82) is 0 Å². The predicted molar refractivity (Wildman–Crippen MR) is 36.8 cm³/mol. The molecule has 0 aromatic heterocycles. The monoisotopic (exact) mass is 131 g/mol. The fourth-order valence-corrected chi connectivity index (χ4v) is 0.205. The highest BCUT2D eigenvalue weighted by molar-refractivity contribution is 6.29. The van der Waals surface area contributed by atoms with Gasteiger partial charge in [0.25, 0.3) is 6.34 Å². The zero-order valence-corrected chi connectivity index (χ0v) is 5.52. The van der Waals surface area contributed by atoms with E-state index in [1.165, 1.54) is 10.9 Å². The maximum absolute atomic E-state index is 5.28. The van der Waals surface area contributed by atoms with Crippen LogP contribution in [0, 0.1) is 0 Å². The van der Waals surface area contributed by atoms with Crippen LogP contribution >= 0.6 is 11.6 Å². The second-order valence-corrected chi connectivity index (χ2v) is 1.81. The van der Waals surface area contributed by atoms with Gasteiger partial charge in [0.1, 0.15) is 0 Å². The first-order chi connectivity index (χ1) is 3.63. The van der Waals surface area contributed by atoms with Crippen LogP contribution < -0.4 is 0 Å². The SMILES string of the molecule is C=C(Cl)N=C[N+](=C)C. The molecule has 0 saturated carbocycles. The fourth-order valence-electron chi connectivity index (χ4n) is 0.161. The molecule has 2 nitrogen and oxygen atoms in total. The first-order valence-corrected chi connectivity index (χ1v) is 2.42. The molecule has 0 rings (SSSR count). The van der Waals surface area contributed by atoms with Crippen molar-refractivity contribution in [2.24, 2.45) is 4.99 Å². The number of nitrogens with zero attached hydrogens (tertiary/aromatic N) is 2. The van der Waals surface area contributed by atoms with Gasteiger partial charge in [-0.3, -0.25) is 0 Å². The standard InChI is InChI=1S/C5H8ClN2/c1-5(6)7-4-8(2)3/h4H,1-2H2,3H3/q+1.